The van der Waals surface area contributed by atoms with E-state index in [4.69, 9.17) is 9.84 Å². The normalized spacial score (nSPS) is 19.5. The molecule has 13 heavy (non-hydrogen) atoms. The van der Waals surface area contributed by atoms with Crippen molar-refractivity contribution < 1.29 is 14.6 Å². The molecule has 0 unspecified atom stereocenters. The summed E-state index contributed by atoms with van der Waals surface area (Å²) in [5, 5.41) is 13.0. The van der Waals surface area contributed by atoms with Gasteiger partial charge in [0.05, 0.1) is 18.9 Å². The van der Waals surface area contributed by atoms with Crippen LogP contribution in [0.25, 0.3) is 0 Å². The lowest BCUT2D eigenvalue weighted by atomic mass is 9.82. The highest BCUT2D eigenvalue weighted by molar-refractivity contribution is 5.82. The van der Waals surface area contributed by atoms with Crippen molar-refractivity contribution in [3.63, 3.8) is 0 Å². The van der Waals surface area contributed by atoms with E-state index in [2.05, 4.69) is 5.10 Å². The number of carboxylic acids is 1. The standard InChI is InChI=1S/C8H10N2O3/c1-10-6(2-3-9-10)8(7(11)12)4-13-5-8/h2-3H,4-5H2,1H3,(H,11,12). The highest BCUT2D eigenvalue weighted by Crippen LogP contribution is 2.31. The van der Waals surface area contributed by atoms with Gasteiger partial charge in [-0.25, -0.2) is 0 Å². The quantitative estimate of drug-likeness (QED) is 0.686. The van der Waals surface area contributed by atoms with Crippen LogP contribution in [-0.4, -0.2) is 34.1 Å². The minimum atomic E-state index is -0.870. The summed E-state index contributed by atoms with van der Waals surface area (Å²) < 4.78 is 6.54. The SMILES string of the molecule is Cn1nccc1C1(C(=O)O)COC1. The Hall–Kier alpha value is -1.36. The zero-order chi connectivity index (χ0) is 9.47. The average Bonchev–Trinajstić information content (AvgIpc) is 2.34. The molecule has 1 aromatic rings. The van der Waals surface area contributed by atoms with Crippen molar-refractivity contribution >= 4 is 5.97 Å². The Morgan fingerprint density at radius 1 is 1.77 bits per heavy atom. The molecule has 0 aliphatic carbocycles. The highest BCUT2D eigenvalue weighted by Gasteiger charge is 2.49. The molecule has 2 heterocycles. The first-order valence-corrected chi connectivity index (χ1v) is 3.96. The number of rotatable bonds is 2. The van der Waals surface area contributed by atoms with E-state index in [1.54, 1.807) is 24.0 Å². The molecule has 5 nitrogen and oxygen atoms in total. The second kappa shape index (κ2) is 2.56. The van der Waals surface area contributed by atoms with Gasteiger partial charge < -0.3 is 9.84 Å². The molecule has 1 N–H and O–H groups in total. The summed E-state index contributed by atoms with van der Waals surface area (Å²) in [7, 11) is 1.73. The van der Waals surface area contributed by atoms with E-state index >= 15 is 0 Å². The van der Waals surface area contributed by atoms with Crippen LogP contribution in [0.3, 0.4) is 0 Å². The molecule has 2 rings (SSSR count). The predicted octanol–water partition coefficient (Wildman–Crippen LogP) is -0.227. The molecule has 0 bridgehead atoms. The number of ether oxygens (including phenoxy) is 1. The van der Waals surface area contributed by atoms with E-state index in [0.29, 0.717) is 5.69 Å². The number of hydrogen-bond donors (Lipinski definition) is 1. The maximum atomic E-state index is 11.0. The van der Waals surface area contributed by atoms with Crippen molar-refractivity contribution in [2.75, 3.05) is 13.2 Å². The maximum absolute atomic E-state index is 11.0. The Morgan fingerprint density at radius 3 is 2.77 bits per heavy atom. The number of aliphatic carboxylic acids is 1. The molecule has 0 spiro atoms. The third-order valence-electron chi connectivity index (χ3n) is 2.42. The van der Waals surface area contributed by atoms with Gasteiger partial charge in [0.25, 0.3) is 0 Å². The van der Waals surface area contributed by atoms with Crippen molar-refractivity contribution in [3.8, 4) is 0 Å². The van der Waals surface area contributed by atoms with Crippen molar-refractivity contribution in [2.45, 2.75) is 5.41 Å². The zero-order valence-corrected chi connectivity index (χ0v) is 7.23. The van der Waals surface area contributed by atoms with Crippen LogP contribution < -0.4 is 0 Å². The molecule has 1 aliphatic heterocycles. The summed E-state index contributed by atoms with van der Waals surface area (Å²) in [6.45, 7) is 0.476. The molecule has 70 valence electrons. The van der Waals surface area contributed by atoms with Gasteiger partial charge >= 0.3 is 5.97 Å². The van der Waals surface area contributed by atoms with Crippen molar-refractivity contribution in [2.24, 2.45) is 7.05 Å². The molecule has 0 atom stereocenters. The van der Waals surface area contributed by atoms with Crippen LogP contribution in [0.5, 0.6) is 0 Å². The monoisotopic (exact) mass is 182 g/mol. The minimum absolute atomic E-state index is 0.238. The molecule has 0 aromatic carbocycles. The molecule has 0 radical (unpaired) electrons. The number of carbonyl (C=O) groups is 1. The smallest absolute Gasteiger partial charge is 0.320 e. The molecule has 1 aliphatic rings. The predicted molar refractivity (Wildman–Crippen MR) is 43.3 cm³/mol. The van der Waals surface area contributed by atoms with Crippen LogP contribution >= 0.6 is 0 Å². The van der Waals surface area contributed by atoms with Gasteiger partial charge in [-0.3, -0.25) is 9.48 Å². The fraction of sp³-hybridized carbons (Fsp3) is 0.500. The van der Waals surface area contributed by atoms with Gasteiger partial charge in [-0.15, -0.1) is 0 Å². The van der Waals surface area contributed by atoms with Gasteiger partial charge in [0.1, 0.15) is 0 Å². The first-order chi connectivity index (χ1) is 6.17. The van der Waals surface area contributed by atoms with E-state index < -0.39 is 11.4 Å². The fourth-order valence-corrected chi connectivity index (χ4v) is 1.53. The fourth-order valence-electron chi connectivity index (χ4n) is 1.53. The third-order valence-corrected chi connectivity index (χ3v) is 2.42. The van der Waals surface area contributed by atoms with Gasteiger partial charge in [0.15, 0.2) is 5.41 Å². The Labute approximate surface area is 74.9 Å². The first-order valence-electron chi connectivity index (χ1n) is 3.96. The minimum Gasteiger partial charge on any atom is -0.480 e. The molecule has 0 amide bonds. The summed E-state index contributed by atoms with van der Waals surface area (Å²) in [5.41, 5.74) is -0.170. The summed E-state index contributed by atoms with van der Waals surface area (Å²) in [4.78, 5) is 11.0. The first kappa shape index (κ1) is 8.25. The molecule has 5 heteroatoms. The summed E-state index contributed by atoms with van der Waals surface area (Å²) in [6, 6.07) is 1.72. The van der Waals surface area contributed by atoms with E-state index in [-0.39, 0.29) is 13.2 Å². The van der Waals surface area contributed by atoms with E-state index in [9.17, 15) is 4.79 Å². The third kappa shape index (κ3) is 0.968. The molecule has 1 fully saturated rings. The highest BCUT2D eigenvalue weighted by atomic mass is 16.5. The van der Waals surface area contributed by atoms with Gasteiger partial charge in [-0.1, -0.05) is 0 Å². The van der Waals surface area contributed by atoms with Crippen LogP contribution in [0.2, 0.25) is 0 Å². The average molecular weight is 182 g/mol. The zero-order valence-electron chi connectivity index (χ0n) is 7.23. The number of nitrogens with zero attached hydrogens (tertiary/aromatic N) is 2. The lowest BCUT2D eigenvalue weighted by Gasteiger charge is -2.37. The maximum Gasteiger partial charge on any atom is 0.320 e. The van der Waals surface area contributed by atoms with Gasteiger partial charge in [0.2, 0.25) is 0 Å². The number of hydrogen-bond acceptors (Lipinski definition) is 3. The second-order valence-electron chi connectivity index (χ2n) is 3.22. The van der Waals surface area contributed by atoms with Crippen molar-refractivity contribution in [1.29, 1.82) is 0 Å². The molecule has 1 saturated heterocycles. The van der Waals surface area contributed by atoms with Gasteiger partial charge in [-0.05, 0) is 6.07 Å². The van der Waals surface area contributed by atoms with Crippen LogP contribution in [0, 0.1) is 0 Å². The van der Waals surface area contributed by atoms with Crippen LogP contribution in [-0.2, 0) is 22.0 Å². The number of aromatic nitrogens is 2. The Morgan fingerprint density at radius 2 is 2.46 bits per heavy atom. The number of carboxylic acid groups (broad SMARTS) is 1. The van der Waals surface area contributed by atoms with Crippen molar-refractivity contribution in [3.05, 3.63) is 18.0 Å². The van der Waals surface area contributed by atoms with Gasteiger partial charge in [-0.2, -0.15) is 5.10 Å². The molecule has 0 saturated carbocycles. The van der Waals surface area contributed by atoms with Crippen molar-refractivity contribution in [1.82, 2.24) is 9.78 Å². The Balaban J connectivity index is 2.43. The van der Waals surface area contributed by atoms with Gasteiger partial charge in [0, 0.05) is 13.2 Å². The Kier molecular flexibility index (Phi) is 1.63. The summed E-state index contributed by atoms with van der Waals surface area (Å²) in [5.74, 6) is -0.845. The second-order valence-corrected chi connectivity index (χ2v) is 3.22. The lowest BCUT2D eigenvalue weighted by molar-refractivity contribution is -0.163. The van der Waals surface area contributed by atoms with E-state index in [0.717, 1.165) is 0 Å². The molecular weight excluding hydrogens is 172 g/mol. The number of aryl methyl sites for hydroxylation is 1. The summed E-state index contributed by atoms with van der Waals surface area (Å²) in [6.07, 6.45) is 1.60. The van der Waals surface area contributed by atoms with Crippen LogP contribution in [0.15, 0.2) is 12.3 Å². The van der Waals surface area contributed by atoms with E-state index in [1.165, 1.54) is 0 Å². The van der Waals surface area contributed by atoms with Crippen LogP contribution in [0.1, 0.15) is 5.69 Å². The van der Waals surface area contributed by atoms with E-state index in [1.807, 2.05) is 0 Å². The largest absolute Gasteiger partial charge is 0.480 e. The molecular formula is C8H10N2O3. The summed E-state index contributed by atoms with van der Waals surface area (Å²) >= 11 is 0. The lowest BCUT2D eigenvalue weighted by Crippen LogP contribution is -2.54. The van der Waals surface area contributed by atoms with Crippen LogP contribution in [0.4, 0.5) is 0 Å². The molecule has 1 aromatic heterocycles. The Bertz CT molecular complexity index is 341. The topological polar surface area (TPSA) is 64.4 Å².